The van der Waals surface area contributed by atoms with Crippen molar-refractivity contribution in [2.75, 3.05) is 5.32 Å². The third-order valence-corrected chi connectivity index (χ3v) is 3.57. The zero-order valence-electron chi connectivity index (χ0n) is 10.9. The maximum Gasteiger partial charge on any atom is 0.435 e. The van der Waals surface area contributed by atoms with Crippen LogP contribution in [0.1, 0.15) is 11.3 Å². The molecule has 1 aromatic carbocycles. The van der Waals surface area contributed by atoms with E-state index in [1.54, 1.807) is 18.2 Å². The van der Waals surface area contributed by atoms with Gasteiger partial charge in [-0.1, -0.05) is 15.9 Å². The van der Waals surface area contributed by atoms with Crippen molar-refractivity contribution in [2.24, 2.45) is 0 Å². The van der Waals surface area contributed by atoms with Crippen molar-refractivity contribution in [3.8, 4) is 0 Å². The highest BCUT2D eigenvalue weighted by atomic mass is 79.9. The summed E-state index contributed by atoms with van der Waals surface area (Å²) in [4.78, 5) is 11.8. The second-order valence-corrected chi connectivity index (χ2v) is 5.26. The largest absolute Gasteiger partial charge is 0.435 e. The van der Waals surface area contributed by atoms with Gasteiger partial charge in [-0.15, -0.1) is 0 Å². The van der Waals surface area contributed by atoms with Crippen LogP contribution in [0.15, 0.2) is 34.9 Å². The number of hydrogen-bond donors (Lipinski definition) is 1. The molecule has 112 valence electrons. The van der Waals surface area contributed by atoms with Gasteiger partial charge in [0.05, 0.1) is 0 Å². The minimum atomic E-state index is -4.51. The average molecular weight is 362 g/mol. The molecule has 0 atom stereocenters. The van der Waals surface area contributed by atoms with Gasteiger partial charge < -0.3 is 5.32 Å². The Hall–Kier alpha value is -1.83. The monoisotopic (exact) mass is 361 g/mol. The highest BCUT2D eigenvalue weighted by molar-refractivity contribution is 9.10. The molecule has 2 rings (SSSR count). The van der Waals surface area contributed by atoms with E-state index in [9.17, 15) is 18.0 Å². The Morgan fingerprint density at radius 3 is 2.67 bits per heavy atom. The van der Waals surface area contributed by atoms with Crippen molar-refractivity contribution in [3.63, 3.8) is 0 Å². The summed E-state index contributed by atoms with van der Waals surface area (Å²) in [6.07, 6.45) is -3.39. The van der Waals surface area contributed by atoms with Crippen LogP contribution >= 0.6 is 15.9 Å². The molecule has 4 nitrogen and oxygen atoms in total. The molecule has 0 aliphatic rings. The van der Waals surface area contributed by atoms with Crippen LogP contribution in [-0.4, -0.2) is 15.7 Å². The standard InChI is InChI=1S/C13H11BrF3N3O/c1-8-6-9(2-3-10(8)14)18-12(21)7-20-5-4-11(19-20)13(15,16)17/h2-6H,7H2,1H3,(H,18,21). The molecule has 21 heavy (non-hydrogen) atoms. The predicted octanol–water partition coefficient (Wildman–Crippen LogP) is 3.61. The minimum Gasteiger partial charge on any atom is -0.324 e. The molecule has 0 radical (unpaired) electrons. The molecule has 0 saturated heterocycles. The smallest absolute Gasteiger partial charge is 0.324 e. The predicted molar refractivity (Wildman–Crippen MR) is 74.7 cm³/mol. The summed E-state index contributed by atoms with van der Waals surface area (Å²) in [6.45, 7) is 1.58. The van der Waals surface area contributed by atoms with Crippen molar-refractivity contribution < 1.29 is 18.0 Å². The van der Waals surface area contributed by atoms with Crippen molar-refractivity contribution in [3.05, 3.63) is 46.2 Å². The summed E-state index contributed by atoms with van der Waals surface area (Å²) in [6, 6.07) is 6.06. The highest BCUT2D eigenvalue weighted by Gasteiger charge is 2.33. The van der Waals surface area contributed by atoms with Gasteiger partial charge in [0.25, 0.3) is 0 Å². The number of nitrogens with zero attached hydrogens (tertiary/aromatic N) is 2. The van der Waals surface area contributed by atoms with E-state index in [2.05, 4.69) is 26.3 Å². The second-order valence-electron chi connectivity index (χ2n) is 4.41. The van der Waals surface area contributed by atoms with E-state index >= 15 is 0 Å². The van der Waals surface area contributed by atoms with Gasteiger partial charge in [0.2, 0.25) is 5.91 Å². The fourth-order valence-corrected chi connectivity index (χ4v) is 1.92. The number of aromatic nitrogens is 2. The van der Waals surface area contributed by atoms with Gasteiger partial charge in [-0.3, -0.25) is 9.48 Å². The zero-order chi connectivity index (χ0) is 15.6. The Bertz CT molecular complexity index is 667. The van der Waals surface area contributed by atoms with Crippen molar-refractivity contribution in [2.45, 2.75) is 19.6 Å². The first-order valence-electron chi connectivity index (χ1n) is 5.92. The number of alkyl halides is 3. The fourth-order valence-electron chi connectivity index (χ4n) is 1.67. The maximum atomic E-state index is 12.4. The number of rotatable bonds is 3. The summed E-state index contributed by atoms with van der Waals surface area (Å²) >= 11 is 3.34. The number of nitrogens with one attached hydrogen (secondary N) is 1. The lowest BCUT2D eigenvalue weighted by atomic mass is 10.2. The third kappa shape index (κ3) is 4.07. The highest BCUT2D eigenvalue weighted by Crippen LogP contribution is 2.27. The molecule has 1 heterocycles. The van der Waals surface area contributed by atoms with Crippen LogP contribution in [0.25, 0.3) is 0 Å². The van der Waals surface area contributed by atoms with Crippen LogP contribution in [0, 0.1) is 6.92 Å². The number of halogens is 4. The van der Waals surface area contributed by atoms with Gasteiger partial charge in [-0.05, 0) is 36.8 Å². The van der Waals surface area contributed by atoms with Gasteiger partial charge >= 0.3 is 6.18 Å². The zero-order valence-corrected chi connectivity index (χ0v) is 12.5. The molecule has 0 unspecified atom stereocenters. The fraction of sp³-hybridized carbons (Fsp3) is 0.231. The Balaban J connectivity index is 2.01. The number of amides is 1. The van der Waals surface area contributed by atoms with Crippen LogP contribution in [0.4, 0.5) is 18.9 Å². The van der Waals surface area contributed by atoms with E-state index in [0.29, 0.717) is 5.69 Å². The number of carbonyl (C=O) groups excluding carboxylic acids is 1. The normalized spacial score (nSPS) is 11.5. The first-order chi connectivity index (χ1) is 9.75. The molecule has 0 bridgehead atoms. The quantitative estimate of drug-likeness (QED) is 0.907. The number of aryl methyl sites for hydroxylation is 1. The Kier molecular flexibility index (Phi) is 4.36. The van der Waals surface area contributed by atoms with E-state index < -0.39 is 17.8 Å². The van der Waals surface area contributed by atoms with Crippen LogP contribution < -0.4 is 5.32 Å². The summed E-state index contributed by atoms with van der Waals surface area (Å²) in [5.74, 6) is -0.450. The van der Waals surface area contributed by atoms with Gasteiger partial charge in [0.1, 0.15) is 6.54 Å². The molecule has 0 spiro atoms. The van der Waals surface area contributed by atoms with E-state index in [0.717, 1.165) is 27.0 Å². The SMILES string of the molecule is Cc1cc(NC(=O)Cn2ccc(C(F)(F)F)n2)ccc1Br. The summed E-state index contributed by atoms with van der Waals surface area (Å²) < 4.78 is 39.0. The van der Waals surface area contributed by atoms with Crippen molar-refractivity contribution >= 4 is 27.5 Å². The number of carbonyl (C=O) groups is 1. The van der Waals surface area contributed by atoms with Gasteiger partial charge in [0.15, 0.2) is 5.69 Å². The molecule has 0 saturated carbocycles. The van der Waals surface area contributed by atoms with E-state index in [1.165, 1.54) is 0 Å². The molecule has 2 aromatic rings. The molecular weight excluding hydrogens is 351 g/mol. The molecule has 1 N–H and O–H groups in total. The molecule has 1 aromatic heterocycles. The lowest BCUT2D eigenvalue weighted by molar-refractivity contribution is -0.141. The second kappa shape index (κ2) is 5.88. The van der Waals surface area contributed by atoms with Crippen LogP contribution in [-0.2, 0) is 17.5 Å². The number of benzene rings is 1. The van der Waals surface area contributed by atoms with Gasteiger partial charge in [-0.25, -0.2) is 0 Å². The van der Waals surface area contributed by atoms with Gasteiger partial charge in [-0.2, -0.15) is 18.3 Å². The first kappa shape index (κ1) is 15.6. The maximum absolute atomic E-state index is 12.4. The van der Waals surface area contributed by atoms with Crippen molar-refractivity contribution in [1.82, 2.24) is 9.78 Å². The third-order valence-electron chi connectivity index (χ3n) is 2.68. The summed E-state index contributed by atoms with van der Waals surface area (Å²) in [5.41, 5.74) is 0.491. The first-order valence-corrected chi connectivity index (χ1v) is 6.71. The molecule has 1 amide bonds. The molecular formula is C13H11BrF3N3O. The van der Waals surface area contributed by atoms with Gasteiger partial charge in [0, 0.05) is 16.4 Å². The Labute approximate surface area is 127 Å². The van der Waals surface area contributed by atoms with Crippen LogP contribution in [0.5, 0.6) is 0 Å². The number of hydrogen-bond acceptors (Lipinski definition) is 2. The molecule has 8 heteroatoms. The van der Waals surface area contributed by atoms with Crippen LogP contribution in [0.2, 0.25) is 0 Å². The lowest BCUT2D eigenvalue weighted by Gasteiger charge is -2.07. The topological polar surface area (TPSA) is 46.9 Å². The van der Waals surface area contributed by atoms with Crippen molar-refractivity contribution in [1.29, 1.82) is 0 Å². The lowest BCUT2D eigenvalue weighted by Crippen LogP contribution is -2.19. The van der Waals surface area contributed by atoms with E-state index in [-0.39, 0.29) is 6.54 Å². The summed E-state index contributed by atoms with van der Waals surface area (Å²) in [7, 11) is 0. The molecule has 0 fully saturated rings. The average Bonchev–Trinajstić information content (AvgIpc) is 2.82. The van der Waals surface area contributed by atoms with E-state index in [1.807, 2.05) is 6.92 Å². The minimum absolute atomic E-state index is 0.287. The molecule has 0 aliphatic carbocycles. The Morgan fingerprint density at radius 1 is 1.38 bits per heavy atom. The molecule has 0 aliphatic heterocycles. The van der Waals surface area contributed by atoms with Crippen LogP contribution in [0.3, 0.4) is 0 Å². The van der Waals surface area contributed by atoms with E-state index in [4.69, 9.17) is 0 Å². The summed E-state index contributed by atoms with van der Waals surface area (Å²) in [5, 5.41) is 5.92. The Morgan fingerprint density at radius 2 is 2.10 bits per heavy atom. The number of anilines is 1.